The Morgan fingerprint density at radius 2 is 1.73 bits per heavy atom. The number of carbonyl (C=O) groups is 1. The molecule has 2 aromatic carbocycles. The van der Waals surface area contributed by atoms with Gasteiger partial charge in [-0.1, -0.05) is 23.7 Å². The van der Waals surface area contributed by atoms with Crippen molar-refractivity contribution in [3.05, 3.63) is 113 Å². The fourth-order valence-electron chi connectivity index (χ4n) is 5.24. The molecule has 9 nitrogen and oxygen atoms in total. The molecular formula is C31H30ClN7O2. The first kappa shape index (κ1) is 26.7. The monoisotopic (exact) mass is 567 g/mol. The van der Waals surface area contributed by atoms with Gasteiger partial charge in [0.05, 0.1) is 11.3 Å². The number of pyridine rings is 2. The number of fused-ring (bicyclic) bond motifs is 1. The van der Waals surface area contributed by atoms with E-state index in [-0.39, 0.29) is 5.91 Å². The van der Waals surface area contributed by atoms with Gasteiger partial charge in [-0.05, 0) is 84.6 Å². The van der Waals surface area contributed by atoms with Gasteiger partial charge in [-0.25, -0.2) is 4.52 Å². The predicted octanol–water partition coefficient (Wildman–Crippen LogP) is 5.28. The zero-order chi connectivity index (χ0) is 28.4. The second-order valence-corrected chi connectivity index (χ2v) is 10.8. The van der Waals surface area contributed by atoms with Gasteiger partial charge in [-0.2, -0.15) is 4.98 Å². The number of amides is 1. The van der Waals surface area contributed by atoms with Crippen LogP contribution < -0.4 is 10.2 Å². The van der Waals surface area contributed by atoms with Crippen molar-refractivity contribution in [2.75, 3.05) is 30.4 Å². The Bertz CT molecular complexity index is 1650. The van der Waals surface area contributed by atoms with Crippen LogP contribution in [0.15, 0.2) is 91.4 Å². The molecule has 41 heavy (non-hydrogen) atoms. The zero-order valence-electron chi connectivity index (χ0n) is 22.6. The molecule has 0 bridgehead atoms. The van der Waals surface area contributed by atoms with E-state index >= 15 is 0 Å². The summed E-state index contributed by atoms with van der Waals surface area (Å²) >= 11 is 6.04. The van der Waals surface area contributed by atoms with Gasteiger partial charge in [0, 0.05) is 61.5 Å². The Labute approximate surface area is 243 Å². The zero-order valence-corrected chi connectivity index (χ0v) is 23.4. The molecule has 0 unspecified atom stereocenters. The van der Waals surface area contributed by atoms with Gasteiger partial charge in [0.2, 0.25) is 5.95 Å². The fourth-order valence-corrected chi connectivity index (χ4v) is 5.36. The maximum absolute atomic E-state index is 12.9. The topological polar surface area (TPSA) is 98.9 Å². The van der Waals surface area contributed by atoms with Crippen LogP contribution in [0, 0.1) is 0 Å². The molecule has 3 aromatic heterocycles. The molecule has 4 heterocycles. The van der Waals surface area contributed by atoms with Gasteiger partial charge in [-0.3, -0.25) is 9.78 Å². The summed E-state index contributed by atoms with van der Waals surface area (Å²) in [5.74, 6) is 0.398. The Hall–Kier alpha value is -4.47. The van der Waals surface area contributed by atoms with Crippen LogP contribution in [0.1, 0.15) is 34.3 Å². The smallest absolute Gasteiger partial charge is 0.253 e. The van der Waals surface area contributed by atoms with Crippen LogP contribution in [0.2, 0.25) is 5.02 Å². The highest BCUT2D eigenvalue weighted by molar-refractivity contribution is 6.30. The molecule has 10 heteroatoms. The van der Waals surface area contributed by atoms with Crippen molar-refractivity contribution in [3.63, 3.8) is 0 Å². The highest BCUT2D eigenvalue weighted by Crippen LogP contribution is 2.36. The number of carbonyl (C=O) groups excluding carboxylic acids is 1. The summed E-state index contributed by atoms with van der Waals surface area (Å²) in [5, 5.41) is 19.8. The Balaban J connectivity index is 1.13. The molecule has 6 rings (SSSR count). The number of anilines is 3. The van der Waals surface area contributed by atoms with E-state index in [2.05, 4.69) is 20.3 Å². The average molecular weight is 568 g/mol. The number of nitrogens with zero attached hydrogens (tertiary/aromatic N) is 6. The van der Waals surface area contributed by atoms with Crippen molar-refractivity contribution in [2.24, 2.45) is 0 Å². The number of hydrogen-bond donors (Lipinski definition) is 2. The lowest BCUT2D eigenvalue weighted by molar-refractivity contribution is 0.0118. The summed E-state index contributed by atoms with van der Waals surface area (Å²) in [6.45, 7) is 1.87. The highest BCUT2D eigenvalue weighted by Gasteiger charge is 2.34. The second kappa shape index (κ2) is 11.2. The van der Waals surface area contributed by atoms with Gasteiger partial charge >= 0.3 is 0 Å². The molecule has 1 aliphatic heterocycles. The van der Waals surface area contributed by atoms with Crippen LogP contribution in [0.5, 0.6) is 0 Å². The van der Waals surface area contributed by atoms with Crippen LogP contribution in [-0.4, -0.2) is 55.6 Å². The van der Waals surface area contributed by atoms with Crippen molar-refractivity contribution < 1.29 is 9.90 Å². The summed E-state index contributed by atoms with van der Waals surface area (Å²) in [6, 6.07) is 22.5. The van der Waals surface area contributed by atoms with E-state index in [9.17, 15) is 9.90 Å². The normalized spacial score (nSPS) is 14.7. The lowest BCUT2D eigenvalue weighted by atomic mass is 9.84. The molecule has 1 amide bonds. The van der Waals surface area contributed by atoms with E-state index in [0.29, 0.717) is 49.0 Å². The summed E-state index contributed by atoms with van der Waals surface area (Å²) in [5.41, 5.74) is 4.10. The van der Waals surface area contributed by atoms with Crippen molar-refractivity contribution in [1.29, 1.82) is 0 Å². The average Bonchev–Trinajstić information content (AvgIpc) is 3.41. The van der Waals surface area contributed by atoms with E-state index in [1.807, 2.05) is 66.9 Å². The number of rotatable bonds is 7. The maximum atomic E-state index is 12.9. The second-order valence-electron chi connectivity index (χ2n) is 10.3. The third kappa shape index (κ3) is 5.73. The molecule has 0 atom stereocenters. The molecule has 1 fully saturated rings. The van der Waals surface area contributed by atoms with E-state index in [4.69, 9.17) is 16.6 Å². The van der Waals surface area contributed by atoms with Gasteiger partial charge in [0.25, 0.3) is 5.91 Å². The first-order valence-electron chi connectivity index (χ1n) is 13.5. The fraction of sp³-hybridized carbons (Fsp3) is 0.226. The molecule has 2 N–H and O–H groups in total. The summed E-state index contributed by atoms with van der Waals surface area (Å²) in [7, 11) is 1.79. The minimum atomic E-state index is -0.881. The molecule has 208 valence electrons. The van der Waals surface area contributed by atoms with Crippen molar-refractivity contribution >= 4 is 40.5 Å². The van der Waals surface area contributed by atoms with E-state index in [1.54, 1.807) is 41.0 Å². The van der Waals surface area contributed by atoms with Crippen molar-refractivity contribution in [1.82, 2.24) is 24.5 Å². The molecule has 5 aromatic rings. The predicted molar refractivity (Wildman–Crippen MR) is 160 cm³/mol. The number of benzene rings is 2. The van der Waals surface area contributed by atoms with Gasteiger partial charge < -0.3 is 20.2 Å². The molecule has 1 saturated heterocycles. The summed E-state index contributed by atoms with van der Waals surface area (Å²) < 4.78 is 1.75. The third-order valence-electron chi connectivity index (χ3n) is 7.56. The van der Waals surface area contributed by atoms with Crippen molar-refractivity contribution in [2.45, 2.75) is 25.0 Å². The molecule has 0 aliphatic carbocycles. The molecule has 1 aliphatic rings. The lowest BCUT2D eigenvalue weighted by Gasteiger charge is -2.39. The van der Waals surface area contributed by atoms with E-state index < -0.39 is 5.60 Å². The van der Waals surface area contributed by atoms with Crippen LogP contribution >= 0.6 is 11.6 Å². The Morgan fingerprint density at radius 3 is 2.44 bits per heavy atom. The largest absolute Gasteiger partial charge is 0.385 e. The van der Waals surface area contributed by atoms with Crippen LogP contribution in [-0.2, 0) is 12.1 Å². The minimum absolute atomic E-state index is 0.0617. The summed E-state index contributed by atoms with van der Waals surface area (Å²) in [6.07, 6.45) is 6.50. The molecule has 0 saturated carbocycles. The quantitative estimate of drug-likeness (QED) is 0.276. The highest BCUT2D eigenvalue weighted by atomic mass is 35.5. The number of aromatic nitrogens is 4. The minimum Gasteiger partial charge on any atom is -0.385 e. The molecule has 0 spiro atoms. The molecular weight excluding hydrogens is 538 g/mol. The first-order chi connectivity index (χ1) is 19.9. The number of aliphatic hydroxyl groups is 1. The van der Waals surface area contributed by atoms with Gasteiger partial charge in [0.1, 0.15) is 0 Å². The summed E-state index contributed by atoms with van der Waals surface area (Å²) in [4.78, 5) is 25.6. The number of hydrogen-bond acceptors (Lipinski definition) is 7. The lowest BCUT2D eigenvalue weighted by Crippen LogP contribution is -2.42. The van der Waals surface area contributed by atoms with Crippen LogP contribution in [0.3, 0.4) is 0 Å². The SMILES string of the molecule is CN(Cc1ccncc1)C(=O)c1ccc(Nc2nc3c(N4CCC(O)(c5ccc(Cl)cc5)CC4)cccn3n2)cc1. The van der Waals surface area contributed by atoms with Crippen LogP contribution in [0.4, 0.5) is 17.3 Å². The standard InChI is InChI=1S/C31H30ClN7O2/c1-37(21-22-12-16-33-17-13-22)29(40)23-4-10-26(11-5-23)34-30-35-28-27(3-2-18-39(28)36-30)38-19-14-31(41,15-20-38)24-6-8-25(32)9-7-24/h2-13,16-18,41H,14-15,19-21H2,1H3,(H,34,36). The van der Waals surface area contributed by atoms with Crippen LogP contribution in [0.25, 0.3) is 5.65 Å². The third-order valence-corrected chi connectivity index (χ3v) is 7.81. The van der Waals surface area contributed by atoms with E-state index in [0.717, 1.165) is 28.1 Å². The molecule has 0 radical (unpaired) electrons. The first-order valence-corrected chi connectivity index (χ1v) is 13.9. The number of piperidine rings is 1. The van der Waals surface area contributed by atoms with Crippen molar-refractivity contribution in [3.8, 4) is 0 Å². The maximum Gasteiger partial charge on any atom is 0.253 e. The Morgan fingerprint density at radius 1 is 1.02 bits per heavy atom. The van der Waals surface area contributed by atoms with Gasteiger partial charge in [0.15, 0.2) is 5.65 Å². The Kier molecular flexibility index (Phi) is 7.30. The number of halogens is 1. The number of nitrogens with one attached hydrogen (secondary N) is 1. The van der Waals surface area contributed by atoms with E-state index in [1.165, 1.54) is 0 Å². The van der Waals surface area contributed by atoms with Gasteiger partial charge in [-0.15, -0.1) is 5.10 Å².